The minimum atomic E-state index is -0.879. The average Bonchev–Trinajstić information content (AvgIpc) is 3.19. The Kier molecular flexibility index (Phi) is 4.16. The molecule has 2 amide bonds. The number of hydrazone groups is 1. The molecule has 31 heavy (non-hydrogen) atoms. The first-order valence-corrected chi connectivity index (χ1v) is 10.3. The zero-order valence-corrected chi connectivity index (χ0v) is 17.4. The summed E-state index contributed by atoms with van der Waals surface area (Å²) in [5.74, 6) is -3.24. The van der Waals surface area contributed by atoms with Crippen LogP contribution in [0.25, 0.3) is 0 Å². The molecule has 0 bridgehead atoms. The third kappa shape index (κ3) is 2.76. The Bertz CT molecular complexity index is 1150. The van der Waals surface area contributed by atoms with E-state index in [-0.39, 0.29) is 11.5 Å². The second-order valence-electron chi connectivity index (χ2n) is 9.30. The number of Topliss-reactive ketones (excluding diaryl/α,β-unsaturated/α-hetero) is 1. The normalized spacial score (nSPS) is 26.7. The van der Waals surface area contributed by atoms with Gasteiger partial charge < -0.3 is 0 Å². The van der Waals surface area contributed by atoms with Crippen LogP contribution in [0.1, 0.15) is 37.9 Å². The molecule has 3 aliphatic rings. The van der Waals surface area contributed by atoms with Crippen molar-refractivity contribution in [3.05, 3.63) is 65.5 Å². The lowest BCUT2D eigenvalue weighted by molar-refractivity contribution is -0.136. The summed E-state index contributed by atoms with van der Waals surface area (Å²) < 4.78 is 13.9. The van der Waals surface area contributed by atoms with Crippen molar-refractivity contribution >= 4 is 29.5 Å². The first-order chi connectivity index (χ1) is 14.7. The number of rotatable bonds is 2. The molecule has 2 aromatic carbocycles. The molecule has 0 unspecified atom stereocenters. The third-order valence-electron chi connectivity index (χ3n) is 6.37. The molecule has 158 valence electrons. The molecule has 4 atom stereocenters. The van der Waals surface area contributed by atoms with Gasteiger partial charge in [0.25, 0.3) is 0 Å². The first-order valence-electron chi connectivity index (χ1n) is 10.3. The molecule has 6 nitrogen and oxygen atoms in total. The van der Waals surface area contributed by atoms with Crippen LogP contribution in [0.4, 0.5) is 10.1 Å². The van der Waals surface area contributed by atoms with Gasteiger partial charge >= 0.3 is 0 Å². The highest BCUT2D eigenvalue weighted by Crippen LogP contribution is 2.53. The Morgan fingerprint density at radius 1 is 1.00 bits per heavy atom. The lowest BCUT2D eigenvalue weighted by Crippen LogP contribution is -2.48. The van der Waals surface area contributed by atoms with Gasteiger partial charge in [0.15, 0.2) is 5.78 Å². The van der Waals surface area contributed by atoms with Crippen LogP contribution < -0.4 is 4.90 Å². The number of fused-ring (bicyclic) bond motifs is 5. The third-order valence-corrected chi connectivity index (χ3v) is 6.37. The molecule has 2 fully saturated rings. The van der Waals surface area contributed by atoms with Crippen molar-refractivity contribution in [1.82, 2.24) is 5.01 Å². The van der Waals surface area contributed by atoms with E-state index in [9.17, 15) is 18.8 Å². The van der Waals surface area contributed by atoms with E-state index in [0.29, 0.717) is 0 Å². The predicted octanol–water partition coefficient (Wildman–Crippen LogP) is 3.32. The van der Waals surface area contributed by atoms with E-state index in [1.54, 1.807) is 32.0 Å². The quantitative estimate of drug-likeness (QED) is 0.701. The maximum atomic E-state index is 13.9. The highest BCUT2D eigenvalue weighted by atomic mass is 19.1. The number of hydrogen-bond acceptors (Lipinski definition) is 5. The largest absolute Gasteiger partial charge is 0.297 e. The lowest BCUT2D eigenvalue weighted by Gasteiger charge is -2.35. The van der Waals surface area contributed by atoms with E-state index in [4.69, 9.17) is 0 Å². The molecule has 3 aliphatic heterocycles. The summed E-state index contributed by atoms with van der Waals surface area (Å²) in [6, 6.07) is 11.6. The Balaban J connectivity index is 1.67. The van der Waals surface area contributed by atoms with Gasteiger partial charge in [-0.2, -0.15) is 5.10 Å². The van der Waals surface area contributed by atoms with E-state index < -0.39 is 47.0 Å². The van der Waals surface area contributed by atoms with Gasteiger partial charge in [-0.25, -0.2) is 9.29 Å². The number of halogens is 1. The molecule has 5 rings (SSSR count). The average molecular weight is 419 g/mol. The fourth-order valence-corrected chi connectivity index (χ4v) is 4.98. The maximum absolute atomic E-state index is 13.9. The van der Waals surface area contributed by atoms with Crippen molar-refractivity contribution in [3.63, 3.8) is 0 Å². The summed E-state index contributed by atoms with van der Waals surface area (Å²) in [6.07, 6.45) is 1.68. The minimum Gasteiger partial charge on any atom is -0.297 e. The SMILES string of the molecule is CC(C)(C)C(=O)[C@H]1[C@H]2C(=O)N(c3cccc(F)c3)C(=O)[C@H]2[C@H]2c3ccccc3C=NN21. The van der Waals surface area contributed by atoms with Crippen LogP contribution in [0.5, 0.6) is 0 Å². The summed E-state index contributed by atoms with van der Waals surface area (Å²) in [5, 5.41) is 6.16. The fourth-order valence-electron chi connectivity index (χ4n) is 4.98. The Hall–Kier alpha value is -3.35. The van der Waals surface area contributed by atoms with Gasteiger partial charge in [-0.05, 0) is 29.3 Å². The van der Waals surface area contributed by atoms with E-state index in [2.05, 4.69) is 5.10 Å². The molecular weight excluding hydrogens is 397 g/mol. The highest BCUT2D eigenvalue weighted by molar-refractivity contribution is 6.24. The summed E-state index contributed by atoms with van der Waals surface area (Å²) in [4.78, 5) is 41.7. The number of amides is 2. The number of imide groups is 1. The topological polar surface area (TPSA) is 70.0 Å². The van der Waals surface area contributed by atoms with Gasteiger partial charge in [0, 0.05) is 5.41 Å². The molecule has 0 saturated carbocycles. The molecule has 0 N–H and O–H groups in total. The van der Waals surface area contributed by atoms with E-state index in [1.807, 2.05) is 24.3 Å². The zero-order valence-electron chi connectivity index (χ0n) is 17.4. The molecule has 7 heteroatoms. The maximum Gasteiger partial charge on any atom is 0.240 e. The van der Waals surface area contributed by atoms with Crippen LogP contribution in [0.15, 0.2) is 53.6 Å². The molecule has 3 heterocycles. The van der Waals surface area contributed by atoms with Crippen molar-refractivity contribution < 1.29 is 18.8 Å². The predicted molar refractivity (Wildman–Crippen MR) is 113 cm³/mol. The Morgan fingerprint density at radius 2 is 1.71 bits per heavy atom. The smallest absolute Gasteiger partial charge is 0.240 e. The fraction of sp³-hybridized carbons (Fsp3) is 0.333. The van der Waals surface area contributed by atoms with Gasteiger partial charge in [-0.15, -0.1) is 0 Å². The van der Waals surface area contributed by atoms with Crippen LogP contribution >= 0.6 is 0 Å². The van der Waals surface area contributed by atoms with Crippen LogP contribution in [0, 0.1) is 23.1 Å². The molecule has 2 aromatic rings. The first kappa shape index (κ1) is 19.6. The van der Waals surface area contributed by atoms with Crippen molar-refractivity contribution in [2.45, 2.75) is 32.9 Å². The standard InChI is InChI=1S/C24H22FN3O3/c1-24(2,3)21(29)20-18-17(19-16-10-5-4-7-13(16)12-26-28(19)20)22(30)27(23(18)31)15-9-6-8-14(25)11-15/h4-12,17-20H,1-3H3/t17-,18+,19-,20-/m1/s1. The second kappa shape index (κ2) is 6.57. The molecular formula is C24H22FN3O3. The zero-order chi connectivity index (χ0) is 22.1. The number of nitrogens with zero attached hydrogens (tertiary/aromatic N) is 3. The van der Waals surface area contributed by atoms with Crippen molar-refractivity contribution in [2.75, 3.05) is 4.90 Å². The highest BCUT2D eigenvalue weighted by Gasteiger charge is 2.66. The number of anilines is 1. The second-order valence-corrected chi connectivity index (χ2v) is 9.30. The summed E-state index contributed by atoms with van der Waals surface area (Å²) in [5.41, 5.74) is 1.17. The summed E-state index contributed by atoms with van der Waals surface area (Å²) in [6.45, 7) is 5.39. The summed E-state index contributed by atoms with van der Waals surface area (Å²) >= 11 is 0. The number of benzene rings is 2. The van der Waals surface area contributed by atoms with Crippen LogP contribution in [0.3, 0.4) is 0 Å². The van der Waals surface area contributed by atoms with Gasteiger partial charge in [-0.1, -0.05) is 51.1 Å². The van der Waals surface area contributed by atoms with Gasteiger partial charge in [0.05, 0.1) is 29.8 Å². The molecule has 0 spiro atoms. The monoisotopic (exact) mass is 419 g/mol. The van der Waals surface area contributed by atoms with Crippen LogP contribution in [0.2, 0.25) is 0 Å². The van der Waals surface area contributed by atoms with Crippen LogP contribution in [-0.2, 0) is 14.4 Å². The van der Waals surface area contributed by atoms with Crippen molar-refractivity contribution in [1.29, 1.82) is 0 Å². The lowest BCUT2D eigenvalue weighted by atomic mass is 9.79. The molecule has 0 radical (unpaired) electrons. The van der Waals surface area contributed by atoms with E-state index in [0.717, 1.165) is 16.0 Å². The van der Waals surface area contributed by atoms with Crippen molar-refractivity contribution in [3.8, 4) is 0 Å². The van der Waals surface area contributed by atoms with E-state index in [1.165, 1.54) is 24.3 Å². The molecule has 0 aliphatic carbocycles. The number of carbonyl (C=O) groups excluding carboxylic acids is 3. The van der Waals surface area contributed by atoms with Crippen molar-refractivity contribution in [2.24, 2.45) is 22.4 Å². The number of carbonyl (C=O) groups is 3. The molecule has 2 saturated heterocycles. The van der Waals surface area contributed by atoms with E-state index >= 15 is 0 Å². The van der Waals surface area contributed by atoms with Gasteiger partial charge in [-0.3, -0.25) is 19.4 Å². The van der Waals surface area contributed by atoms with Crippen LogP contribution in [-0.4, -0.2) is 34.9 Å². The Morgan fingerprint density at radius 3 is 2.42 bits per heavy atom. The summed E-state index contributed by atoms with van der Waals surface area (Å²) in [7, 11) is 0. The number of ketones is 1. The minimum absolute atomic E-state index is 0.149. The van der Waals surface area contributed by atoms with Gasteiger partial charge in [0.2, 0.25) is 11.8 Å². The number of hydrogen-bond donors (Lipinski definition) is 0. The molecule has 0 aromatic heterocycles. The van der Waals surface area contributed by atoms with Gasteiger partial charge in [0.1, 0.15) is 11.9 Å². The Labute approximate surface area is 179 Å².